The molecule has 7 heteroatoms. The number of carbonyl (C=O) groups is 1. The third-order valence-corrected chi connectivity index (χ3v) is 3.97. The lowest BCUT2D eigenvalue weighted by Gasteiger charge is -2.23. The fraction of sp³-hybridized carbons (Fsp3) is 0.263. The van der Waals surface area contributed by atoms with Crippen LogP contribution in [-0.4, -0.2) is 34.1 Å². The minimum Gasteiger partial charge on any atom is -0.338 e. The summed E-state index contributed by atoms with van der Waals surface area (Å²) in [6.45, 7) is 7.29. The zero-order valence-electron chi connectivity index (χ0n) is 15.2. The van der Waals surface area contributed by atoms with E-state index in [0.717, 1.165) is 23.6 Å². The molecular formula is C19H22N6O. The van der Waals surface area contributed by atoms with Crippen LogP contribution in [0.25, 0.3) is 11.2 Å². The summed E-state index contributed by atoms with van der Waals surface area (Å²) in [6.07, 6.45) is 1.75. The van der Waals surface area contributed by atoms with E-state index in [2.05, 4.69) is 56.5 Å². The van der Waals surface area contributed by atoms with Gasteiger partial charge in [-0.3, -0.25) is 5.32 Å². The first-order valence-electron chi connectivity index (χ1n) is 8.64. The lowest BCUT2D eigenvalue weighted by molar-refractivity contribution is 0.252. The number of aromatic nitrogens is 3. The number of nitrogens with one attached hydrogen (secondary N) is 2. The molecule has 0 unspecified atom stereocenters. The number of aryl methyl sites for hydroxylation is 1. The molecule has 0 aliphatic carbocycles. The van der Waals surface area contributed by atoms with E-state index in [1.165, 1.54) is 0 Å². The lowest BCUT2D eigenvalue weighted by Crippen LogP contribution is -2.28. The van der Waals surface area contributed by atoms with Gasteiger partial charge < -0.3 is 10.2 Å². The Morgan fingerprint density at radius 2 is 1.92 bits per heavy atom. The summed E-state index contributed by atoms with van der Waals surface area (Å²) >= 11 is 0. The maximum Gasteiger partial charge on any atom is 0.320 e. The first-order valence-corrected chi connectivity index (χ1v) is 8.64. The van der Waals surface area contributed by atoms with Crippen molar-refractivity contribution >= 4 is 34.5 Å². The van der Waals surface area contributed by atoms with Crippen molar-refractivity contribution in [2.45, 2.75) is 20.8 Å². The number of carbonyl (C=O) groups excluding carboxylic acids is 1. The standard InChI is InChI=1S/C19H22N6O/c1-4-20-19(26)23-16-11-10-14-18(22-16)24-17(12-21-14)25(5-2)15-9-7-6-8-13(15)3/h6-12H,4-5H2,1-3H3,(H2,20,22,23,24,26). The molecule has 0 atom stereocenters. The fourth-order valence-corrected chi connectivity index (χ4v) is 2.73. The zero-order valence-corrected chi connectivity index (χ0v) is 15.2. The predicted octanol–water partition coefficient (Wildman–Crippen LogP) is 3.63. The van der Waals surface area contributed by atoms with E-state index in [-0.39, 0.29) is 6.03 Å². The van der Waals surface area contributed by atoms with Gasteiger partial charge in [0.1, 0.15) is 11.3 Å². The average Bonchev–Trinajstić information content (AvgIpc) is 2.64. The molecule has 0 radical (unpaired) electrons. The second-order valence-corrected chi connectivity index (χ2v) is 5.78. The summed E-state index contributed by atoms with van der Waals surface area (Å²) in [5, 5.41) is 5.37. The van der Waals surface area contributed by atoms with E-state index < -0.39 is 0 Å². The number of pyridine rings is 1. The molecule has 0 saturated heterocycles. The molecule has 3 aromatic rings. The third kappa shape index (κ3) is 3.72. The molecule has 7 nitrogen and oxygen atoms in total. The van der Waals surface area contributed by atoms with E-state index in [9.17, 15) is 4.79 Å². The molecule has 2 N–H and O–H groups in total. The zero-order chi connectivity index (χ0) is 18.5. The van der Waals surface area contributed by atoms with E-state index in [0.29, 0.717) is 23.5 Å². The highest BCUT2D eigenvalue weighted by atomic mass is 16.2. The van der Waals surface area contributed by atoms with Crippen molar-refractivity contribution in [2.24, 2.45) is 0 Å². The highest BCUT2D eigenvalue weighted by Gasteiger charge is 2.13. The summed E-state index contributed by atoms with van der Waals surface area (Å²) in [5.74, 6) is 1.16. The second kappa shape index (κ2) is 7.77. The van der Waals surface area contributed by atoms with Crippen molar-refractivity contribution in [2.75, 3.05) is 23.3 Å². The van der Waals surface area contributed by atoms with Crippen molar-refractivity contribution in [1.29, 1.82) is 0 Å². The number of amides is 2. The van der Waals surface area contributed by atoms with Gasteiger partial charge in [-0.25, -0.2) is 19.7 Å². The highest BCUT2D eigenvalue weighted by molar-refractivity contribution is 5.89. The number of hydrogen-bond acceptors (Lipinski definition) is 5. The van der Waals surface area contributed by atoms with Gasteiger partial charge in [0.25, 0.3) is 0 Å². The van der Waals surface area contributed by atoms with Crippen molar-refractivity contribution in [3.8, 4) is 0 Å². The van der Waals surface area contributed by atoms with E-state index in [1.807, 2.05) is 19.1 Å². The van der Waals surface area contributed by atoms with Gasteiger partial charge in [0.15, 0.2) is 11.5 Å². The second-order valence-electron chi connectivity index (χ2n) is 5.78. The van der Waals surface area contributed by atoms with Crippen molar-refractivity contribution in [3.63, 3.8) is 0 Å². The van der Waals surface area contributed by atoms with Crippen LogP contribution in [0.15, 0.2) is 42.6 Å². The average molecular weight is 350 g/mol. The first-order chi connectivity index (χ1) is 12.6. The Morgan fingerprint density at radius 3 is 2.65 bits per heavy atom. The molecule has 2 amide bonds. The number of anilines is 3. The molecule has 0 fully saturated rings. The Morgan fingerprint density at radius 1 is 1.12 bits per heavy atom. The number of rotatable bonds is 5. The van der Waals surface area contributed by atoms with Gasteiger partial charge >= 0.3 is 6.03 Å². The minimum atomic E-state index is -0.293. The van der Waals surface area contributed by atoms with Gasteiger partial charge in [-0.05, 0) is 44.5 Å². The molecular weight excluding hydrogens is 328 g/mol. The quantitative estimate of drug-likeness (QED) is 0.734. The Hall–Kier alpha value is -3.22. The Kier molecular flexibility index (Phi) is 5.26. The molecule has 2 heterocycles. The van der Waals surface area contributed by atoms with E-state index in [1.54, 1.807) is 18.3 Å². The number of benzene rings is 1. The number of nitrogens with zero attached hydrogens (tertiary/aromatic N) is 4. The molecule has 0 saturated carbocycles. The van der Waals surface area contributed by atoms with Crippen LogP contribution in [-0.2, 0) is 0 Å². The van der Waals surface area contributed by atoms with Gasteiger partial charge in [-0.2, -0.15) is 0 Å². The smallest absolute Gasteiger partial charge is 0.320 e. The Bertz CT molecular complexity index is 927. The molecule has 0 bridgehead atoms. The topological polar surface area (TPSA) is 83.0 Å². The van der Waals surface area contributed by atoms with Crippen LogP contribution >= 0.6 is 0 Å². The van der Waals surface area contributed by atoms with E-state index >= 15 is 0 Å². The Balaban J connectivity index is 1.96. The molecule has 3 rings (SSSR count). The molecule has 26 heavy (non-hydrogen) atoms. The summed E-state index contributed by atoms with van der Waals surface area (Å²) in [4.78, 5) is 27.3. The van der Waals surface area contributed by atoms with Gasteiger partial charge in [-0.1, -0.05) is 18.2 Å². The Labute approximate surface area is 152 Å². The van der Waals surface area contributed by atoms with Gasteiger partial charge in [0.2, 0.25) is 0 Å². The SMILES string of the molecule is CCNC(=O)Nc1ccc2ncc(N(CC)c3ccccc3C)nc2n1. The van der Waals surface area contributed by atoms with Crippen molar-refractivity contribution in [1.82, 2.24) is 20.3 Å². The molecule has 2 aromatic heterocycles. The maximum absolute atomic E-state index is 11.7. The van der Waals surface area contributed by atoms with Crippen LogP contribution in [0.4, 0.5) is 22.1 Å². The van der Waals surface area contributed by atoms with Crippen LogP contribution in [0, 0.1) is 6.92 Å². The van der Waals surface area contributed by atoms with Crippen LogP contribution in [0.1, 0.15) is 19.4 Å². The van der Waals surface area contributed by atoms with Crippen LogP contribution in [0.5, 0.6) is 0 Å². The molecule has 0 spiro atoms. The largest absolute Gasteiger partial charge is 0.338 e. The lowest BCUT2D eigenvalue weighted by atomic mass is 10.2. The molecule has 0 aliphatic rings. The summed E-state index contributed by atoms with van der Waals surface area (Å²) < 4.78 is 0. The van der Waals surface area contributed by atoms with Crippen molar-refractivity contribution in [3.05, 3.63) is 48.2 Å². The van der Waals surface area contributed by atoms with Gasteiger partial charge in [0.05, 0.1) is 6.20 Å². The summed E-state index contributed by atoms with van der Waals surface area (Å²) in [7, 11) is 0. The highest BCUT2D eigenvalue weighted by Crippen LogP contribution is 2.27. The molecule has 134 valence electrons. The molecule has 1 aromatic carbocycles. The summed E-state index contributed by atoms with van der Waals surface area (Å²) in [5.41, 5.74) is 3.41. The maximum atomic E-state index is 11.7. The molecule has 0 aliphatic heterocycles. The van der Waals surface area contributed by atoms with Gasteiger partial charge in [-0.15, -0.1) is 0 Å². The first kappa shape index (κ1) is 17.6. The third-order valence-electron chi connectivity index (χ3n) is 3.97. The number of para-hydroxylation sites is 1. The van der Waals surface area contributed by atoms with Gasteiger partial charge in [0, 0.05) is 18.8 Å². The van der Waals surface area contributed by atoms with Crippen molar-refractivity contribution < 1.29 is 4.79 Å². The normalized spacial score (nSPS) is 10.6. The minimum absolute atomic E-state index is 0.293. The summed E-state index contributed by atoms with van der Waals surface area (Å²) in [6, 6.07) is 11.4. The fourth-order valence-electron chi connectivity index (χ4n) is 2.73. The predicted molar refractivity (Wildman–Crippen MR) is 104 cm³/mol. The van der Waals surface area contributed by atoms with Crippen LogP contribution < -0.4 is 15.5 Å². The van der Waals surface area contributed by atoms with Crippen LogP contribution in [0.2, 0.25) is 0 Å². The monoisotopic (exact) mass is 350 g/mol. The number of hydrogen-bond donors (Lipinski definition) is 2. The van der Waals surface area contributed by atoms with E-state index in [4.69, 9.17) is 0 Å². The number of urea groups is 1. The number of fused-ring (bicyclic) bond motifs is 1. The van der Waals surface area contributed by atoms with Crippen LogP contribution in [0.3, 0.4) is 0 Å².